The molecule has 19 heteroatoms. The third-order valence-corrected chi connectivity index (χ3v) is 12.0. The number of hydrogen-bond donors (Lipinski definition) is 5. The van der Waals surface area contributed by atoms with Crippen molar-refractivity contribution in [1.29, 1.82) is 0 Å². The Hall–Kier alpha value is -7.31. The molecule has 0 spiro atoms. The van der Waals surface area contributed by atoms with E-state index in [-0.39, 0.29) is 84.6 Å². The Bertz CT molecular complexity index is 2610. The van der Waals surface area contributed by atoms with E-state index in [2.05, 4.69) is 31.5 Å². The lowest BCUT2D eigenvalue weighted by molar-refractivity contribution is -0.136. The van der Waals surface area contributed by atoms with Crippen molar-refractivity contribution < 1.29 is 42.7 Å². The number of H-pyrrole nitrogens is 1. The number of fused-ring (bicyclic) bond motifs is 2. The van der Waals surface area contributed by atoms with Gasteiger partial charge in [0.05, 0.1) is 34.3 Å². The number of imide groups is 2. The lowest BCUT2D eigenvalue weighted by atomic mass is 10.0. The average molecular weight is 906 g/mol. The van der Waals surface area contributed by atoms with E-state index in [1.54, 1.807) is 46.2 Å². The second kappa shape index (κ2) is 21.6. The zero-order chi connectivity index (χ0) is 46.7. The van der Waals surface area contributed by atoms with Crippen LogP contribution in [0.15, 0.2) is 65.5 Å². The Morgan fingerprint density at radius 1 is 0.742 bits per heavy atom. The predicted molar refractivity (Wildman–Crippen MR) is 239 cm³/mol. The molecule has 0 saturated carbocycles. The van der Waals surface area contributed by atoms with Gasteiger partial charge in [0.2, 0.25) is 29.5 Å². The normalized spacial score (nSPS) is 16.0. The number of unbranched alkanes of at least 4 members (excludes halogenated alkanes) is 4. The van der Waals surface area contributed by atoms with Gasteiger partial charge < -0.3 is 25.8 Å². The summed E-state index contributed by atoms with van der Waals surface area (Å²) in [4.78, 5) is 118. The molecule has 0 bridgehead atoms. The number of amides is 8. The summed E-state index contributed by atoms with van der Waals surface area (Å²) in [5, 5.41) is 18.7. The number of piperazine rings is 1. The fraction of sp³-hybridized carbons (Fsp3) is 0.404. The Morgan fingerprint density at radius 2 is 1.44 bits per heavy atom. The van der Waals surface area contributed by atoms with Crippen molar-refractivity contribution in [2.45, 2.75) is 76.7 Å². The van der Waals surface area contributed by atoms with Crippen LogP contribution in [0, 0.1) is 5.82 Å². The summed E-state index contributed by atoms with van der Waals surface area (Å²) in [7, 11) is 0. The van der Waals surface area contributed by atoms with Crippen molar-refractivity contribution in [1.82, 2.24) is 40.8 Å². The van der Waals surface area contributed by atoms with E-state index in [4.69, 9.17) is 0 Å². The van der Waals surface area contributed by atoms with Gasteiger partial charge in [0.1, 0.15) is 11.9 Å². The lowest BCUT2D eigenvalue weighted by Crippen LogP contribution is -2.54. The van der Waals surface area contributed by atoms with Crippen molar-refractivity contribution in [2.75, 3.05) is 51.1 Å². The molecular weight excluding hydrogens is 854 g/mol. The van der Waals surface area contributed by atoms with Gasteiger partial charge in [-0.1, -0.05) is 43.2 Å². The van der Waals surface area contributed by atoms with Gasteiger partial charge in [0.15, 0.2) is 0 Å². The van der Waals surface area contributed by atoms with Crippen LogP contribution in [0.1, 0.15) is 107 Å². The third-order valence-electron chi connectivity index (χ3n) is 12.0. The van der Waals surface area contributed by atoms with E-state index >= 15 is 0 Å². The van der Waals surface area contributed by atoms with E-state index in [1.165, 1.54) is 18.2 Å². The highest BCUT2D eigenvalue weighted by Gasteiger charge is 2.45. The third kappa shape index (κ3) is 11.1. The average Bonchev–Trinajstić information content (AvgIpc) is 3.57. The zero-order valence-electron chi connectivity index (χ0n) is 36.4. The van der Waals surface area contributed by atoms with Gasteiger partial charge in [-0.25, -0.2) is 9.49 Å². The monoisotopic (exact) mass is 905 g/mol. The van der Waals surface area contributed by atoms with Gasteiger partial charge in [0.25, 0.3) is 23.3 Å². The summed E-state index contributed by atoms with van der Waals surface area (Å²) in [5.41, 5.74) is 1.38. The van der Waals surface area contributed by atoms with Crippen LogP contribution < -0.4 is 26.8 Å². The number of nitrogens with zero attached hydrogens (tertiary/aromatic N) is 4. The number of benzene rings is 3. The van der Waals surface area contributed by atoms with Gasteiger partial charge in [-0.15, -0.1) is 0 Å². The molecule has 8 amide bonds. The number of aromatic nitrogens is 2. The lowest BCUT2D eigenvalue weighted by Gasteiger charge is -2.35. The quantitative estimate of drug-likeness (QED) is 0.0677. The number of halogens is 1. The van der Waals surface area contributed by atoms with E-state index in [1.807, 2.05) is 6.07 Å². The van der Waals surface area contributed by atoms with Crippen LogP contribution in [0.2, 0.25) is 0 Å². The summed E-state index contributed by atoms with van der Waals surface area (Å²) < 4.78 is 14.9. The molecule has 2 fully saturated rings. The first-order valence-corrected chi connectivity index (χ1v) is 22.3. The topological polar surface area (TPSA) is 240 Å². The highest BCUT2D eigenvalue weighted by Crippen LogP contribution is 2.32. The molecule has 1 unspecified atom stereocenters. The molecule has 1 atom stereocenters. The second-order valence-corrected chi connectivity index (χ2v) is 16.6. The first-order chi connectivity index (χ1) is 31.9. The van der Waals surface area contributed by atoms with Crippen molar-refractivity contribution in [3.05, 3.63) is 105 Å². The molecule has 4 heterocycles. The van der Waals surface area contributed by atoms with Gasteiger partial charge in [-0.3, -0.25) is 53.4 Å². The number of carbonyl (C=O) groups excluding carboxylic acids is 8. The molecule has 3 aliphatic rings. The minimum atomic E-state index is -1.09. The minimum Gasteiger partial charge on any atom is -0.375 e. The Labute approximate surface area is 379 Å². The molecule has 3 aliphatic heterocycles. The zero-order valence-corrected chi connectivity index (χ0v) is 36.4. The molecule has 346 valence electrons. The van der Waals surface area contributed by atoms with Crippen molar-refractivity contribution >= 4 is 63.7 Å². The molecular formula is C47H52FN9O9. The number of anilines is 1. The van der Waals surface area contributed by atoms with Crippen LogP contribution in [0.3, 0.4) is 0 Å². The summed E-state index contributed by atoms with van der Waals surface area (Å²) in [5.74, 6) is -3.96. The highest BCUT2D eigenvalue weighted by molar-refractivity contribution is 6.25. The standard InChI is InChI=1S/C47H52FN9O9/c48-34-17-16-29(27-36-30-10-5-6-11-31(30)43(62)54-53-36)26-33(34)45(64)56-24-22-55(23-25-56)41(61)15-4-2-8-20-49-38(58)14-3-1-7-21-50-40(60)28-51-35-13-9-12-32-42(35)47(66)57(46(32)65)37-18-19-39(59)52-44(37)63/h5-6,9-13,16-17,26,37,51H,1-4,7-8,14-15,18-25,27-28H2,(H,49,58)(H,50,60)(H,54,62)(H,52,59,63). The van der Waals surface area contributed by atoms with Crippen molar-refractivity contribution in [3.8, 4) is 0 Å². The first kappa shape index (κ1) is 46.7. The van der Waals surface area contributed by atoms with Crippen LogP contribution in [0.4, 0.5) is 10.1 Å². The van der Waals surface area contributed by atoms with E-state index < -0.39 is 41.4 Å². The Balaban J connectivity index is 0.717. The molecule has 4 aromatic rings. The summed E-state index contributed by atoms with van der Waals surface area (Å²) in [6.07, 6.45) is 5.15. The number of hydrogen-bond acceptors (Lipinski definition) is 11. The van der Waals surface area contributed by atoms with Crippen LogP contribution >= 0.6 is 0 Å². The number of nitrogens with one attached hydrogen (secondary N) is 5. The second-order valence-electron chi connectivity index (χ2n) is 16.6. The van der Waals surface area contributed by atoms with Crippen LogP contribution in [-0.4, -0.2) is 124 Å². The molecule has 0 aliphatic carbocycles. The number of carbonyl (C=O) groups is 8. The smallest absolute Gasteiger partial charge is 0.272 e. The Kier molecular flexibility index (Phi) is 15.3. The molecule has 18 nitrogen and oxygen atoms in total. The molecule has 3 aromatic carbocycles. The maximum Gasteiger partial charge on any atom is 0.272 e. The van der Waals surface area contributed by atoms with Crippen LogP contribution in [0.5, 0.6) is 0 Å². The van der Waals surface area contributed by atoms with Gasteiger partial charge in [-0.2, -0.15) is 5.10 Å². The van der Waals surface area contributed by atoms with E-state index in [9.17, 15) is 47.5 Å². The Morgan fingerprint density at radius 3 is 2.18 bits per heavy atom. The summed E-state index contributed by atoms with van der Waals surface area (Å²) in [6, 6.07) is 15.0. The number of piperidine rings is 1. The molecule has 1 aromatic heterocycles. The fourth-order valence-corrected chi connectivity index (χ4v) is 8.44. The largest absolute Gasteiger partial charge is 0.375 e. The molecule has 0 radical (unpaired) electrons. The first-order valence-electron chi connectivity index (χ1n) is 22.3. The van der Waals surface area contributed by atoms with Gasteiger partial charge >= 0.3 is 0 Å². The number of aromatic amines is 1. The maximum absolute atomic E-state index is 14.9. The van der Waals surface area contributed by atoms with E-state index in [0.717, 1.165) is 17.7 Å². The van der Waals surface area contributed by atoms with E-state index in [0.29, 0.717) is 86.7 Å². The molecule has 7 rings (SSSR count). The molecule has 66 heavy (non-hydrogen) atoms. The van der Waals surface area contributed by atoms with Gasteiger partial charge in [-0.05, 0) is 68.0 Å². The fourth-order valence-electron chi connectivity index (χ4n) is 8.44. The van der Waals surface area contributed by atoms with Crippen LogP contribution in [0.25, 0.3) is 10.8 Å². The summed E-state index contributed by atoms with van der Waals surface area (Å²) in [6.45, 7) is 1.96. The number of rotatable bonds is 19. The summed E-state index contributed by atoms with van der Waals surface area (Å²) >= 11 is 0. The van der Waals surface area contributed by atoms with Crippen LogP contribution in [-0.2, 0) is 30.4 Å². The SMILES string of the molecule is O=C(CCCCCNC(=O)CNc1cccc2c1C(=O)N(C1CCC(=O)NC1=O)C2=O)NCCCCCC(=O)N1CCN(C(=O)c2cc(Cc3n[nH]c(=O)c4ccccc34)ccc2F)CC1. The van der Waals surface area contributed by atoms with Crippen molar-refractivity contribution in [3.63, 3.8) is 0 Å². The maximum atomic E-state index is 14.9. The van der Waals surface area contributed by atoms with Crippen molar-refractivity contribution in [2.24, 2.45) is 0 Å². The van der Waals surface area contributed by atoms with Gasteiger partial charge in [0, 0.05) is 76.0 Å². The molecule has 5 N–H and O–H groups in total. The predicted octanol–water partition coefficient (Wildman–Crippen LogP) is 2.80. The highest BCUT2D eigenvalue weighted by atomic mass is 19.1. The molecule has 2 saturated heterocycles. The minimum absolute atomic E-state index is 0.0110.